The normalized spacial score (nSPS) is 23.1. The standard InChI is InChI=1S/C13H23N3O/c1-3-16-6-4-5-12(16)8-13-15-11(9-17-13)7-10(2)14/h9-10,12H,3-8,14H2,1-2H3. The minimum atomic E-state index is 0.145. The molecule has 2 rings (SSSR count). The van der Waals surface area contributed by atoms with Crippen LogP contribution < -0.4 is 5.73 Å². The summed E-state index contributed by atoms with van der Waals surface area (Å²) in [7, 11) is 0. The van der Waals surface area contributed by atoms with Crippen molar-refractivity contribution in [3.05, 3.63) is 17.8 Å². The molecule has 2 unspecified atom stereocenters. The molecule has 96 valence electrons. The zero-order chi connectivity index (χ0) is 12.3. The van der Waals surface area contributed by atoms with Gasteiger partial charge in [-0.2, -0.15) is 0 Å². The van der Waals surface area contributed by atoms with Gasteiger partial charge in [0.1, 0.15) is 6.26 Å². The Morgan fingerprint density at radius 3 is 3.18 bits per heavy atom. The van der Waals surface area contributed by atoms with E-state index in [1.54, 1.807) is 6.26 Å². The summed E-state index contributed by atoms with van der Waals surface area (Å²) >= 11 is 0. The lowest BCUT2D eigenvalue weighted by atomic mass is 10.1. The van der Waals surface area contributed by atoms with Gasteiger partial charge in [-0.3, -0.25) is 0 Å². The van der Waals surface area contributed by atoms with Gasteiger partial charge in [-0.1, -0.05) is 6.92 Å². The number of hydrogen-bond donors (Lipinski definition) is 1. The molecular formula is C13H23N3O. The van der Waals surface area contributed by atoms with Crippen molar-refractivity contribution in [2.24, 2.45) is 5.73 Å². The summed E-state index contributed by atoms with van der Waals surface area (Å²) in [5.41, 5.74) is 6.73. The molecule has 2 N–H and O–H groups in total. The molecule has 0 amide bonds. The van der Waals surface area contributed by atoms with Gasteiger partial charge in [0.15, 0.2) is 5.89 Å². The number of rotatable bonds is 5. The maximum absolute atomic E-state index is 5.75. The third-order valence-corrected chi connectivity index (χ3v) is 3.45. The summed E-state index contributed by atoms with van der Waals surface area (Å²) < 4.78 is 5.53. The van der Waals surface area contributed by atoms with Crippen LogP contribution in [0.25, 0.3) is 0 Å². The predicted molar refractivity (Wildman–Crippen MR) is 67.8 cm³/mol. The lowest BCUT2D eigenvalue weighted by Crippen LogP contribution is -2.30. The van der Waals surface area contributed by atoms with Gasteiger partial charge in [0.2, 0.25) is 0 Å². The molecule has 1 fully saturated rings. The highest BCUT2D eigenvalue weighted by Gasteiger charge is 2.24. The van der Waals surface area contributed by atoms with E-state index in [0.29, 0.717) is 6.04 Å². The molecule has 0 saturated carbocycles. The molecule has 4 nitrogen and oxygen atoms in total. The molecule has 0 spiro atoms. The van der Waals surface area contributed by atoms with Crippen LogP contribution in [-0.2, 0) is 12.8 Å². The molecule has 0 radical (unpaired) electrons. The van der Waals surface area contributed by atoms with Crippen LogP contribution in [-0.4, -0.2) is 35.1 Å². The molecule has 2 heterocycles. The highest BCUT2D eigenvalue weighted by Crippen LogP contribution is 2.20. The SMILES string of the molecule is CCN1CCCC1Cc1nc(CC(C)N)co1. The topological polar surface area (TPSA) is 55.3 Å². The highest BCUT2D eigenvalue weighted by atomic mass is 16.3. The van der Waals surface area contributed by atoms with Gasteiger partial charge in [0.05, 0.1) is 5.69 Å². The van der Waals surface area contributed by atoms with Crippen molar-refractivity contribution in [3.63, 3.8) is 0 Å². The fourth-order valence-corrected chi connectivity index (χ4v) is 2.61. The summed E-state index contributed by atoms with van der Waals surface area (Å²) in [6.45, 7) is 6.55. The van der Waals surface area contributed by atoms with Gasteiger partial charge in [0, 0.05) is 24.9 Å². The average molecular weight is 237 g/mol. The monoisotopic (exact) mass is 237 g/mol. The van der Waals surface area contributed by atoms with Crippen LogP contribution in [0.2, 0.25) is 0 Å². The molecule has 1 aromatic heterocycles. The maximum Gasteiger partial charge on any atom is 0.195 e. The first-order chi connectivity index (χ1) is 8.19. The van der Waals surface area contributed by atoms with Crippen molar-refractivity contribution in [1.82, 2.24) is 9.88 Å². The second-order valence-corrected chi connectivity index (χ2v) is 5.04. The second-order valence-electron chi connectivity index (χ2n) is 5.04. The fourth-order valence-electron chi connectivity index (χ4n) is 2.61. The summed E-state index contributed by atoms with van der Waals surface area (Å²) in [6.07, 6.45) is 6.05. The van der Waals surface area contributed by atoms with E-state index in [1.165, 1.54) is 19.4 Å². The number of oxazole rings is 1. The highest BCUT2D eigenvalue weighted by molar-refractivity contribution is 5.00. The fraction of sp³-hybridized carbons (Fsp3) is 0.769. The van der Waals surface area contributed by atoms with Crippen LogP contribution >= 0.6 is 0 Å². The molecule has 1 saturated heterocycles. The smallest absolute Gasteiger partial charge is 0.195 e. The maximum atomic E-state index is 5.75. The van der Waals surface area contributed by atoms with Gasteiger partial charge >= 0.3 is 0 Å². The first kappa shape index (κ1) is 12.6. The van der Waals surface area contributed by atoms with Crippen molar-refractivity contribution in [2.75, 3.05) is 13.1 Å². The summed E-state index contributed by atoms with van der Waals surface area (Å²) in [5.74, 6) is 0.867. The summed E-state index contributed by atoms with van der Waals surface area (Å²) in [4.78, 5) is 7.02. The minimum Gasteiger partial charge on any atom is -0.449 e. The Morgan fingerprint density at radius 1 is 1.65 bits per heavy atom. The number of nitrogens with two attached hydrogens (primary N) is 1. The molecule has 4 heteroatoms. The first-order valence-corrected chi connectivity index (χ1v) is 6.62. The minimum absolute atomic E-state index is 0.145. The van der Waals surface area contributed by atoms with E-state index in [2.05, 4.69) is 16.8 Å². The van der Waals surface area contributed by atoms with Crippen molar-refractivity contribution < 1.29 is 4.42 Å². The Labute approximate surface area is 103 Å². The summed E-state index contributed by atoms with van der Waals surface area (Å²) in [6, 6.07) is 0.758. The van der Waals surface area contributed by atoms with E-state index in [9.17, 15) is 0 Å². The number of likely N-dealkylation sites (N-methyl/N-ethyl adjacent to an activating group) is 1. The van der Waals surface area contributed by atoms with Crippen molar-refractivity contribution in [1.29, 1.82) is 0 Å². The number of likely N-dealkylation sites (tertiary alicyclic amines) is 1. The molecule has 1 aliphatic heterocycles. The number of nitrogens with zero attached hydrogens (tertiary/aromatic N) is 2. The lowest BCUT2D eigenvalue weighted by molar-refractivity contribution is 0.254. The van der Waals surface area contributed by atoms with Crippen LogP contribution in [0.1, 0.15) is 38.3 Å². The molecule has 0 bridgehead atoms. The summed E-state index contributed by atoms with van der Waals surface area (Å²) in [5, 5.41) is 0. The molecular weight excluding hydrogens is 214 g/mol. The Bertz CT molecular complexity index is 348. The Hall–Kier alpha value is -0.870. The van der Waals surface area contributed by atoms with E-state index in [4.69, 9.17) is 10.2 Å². The molecule has 17 heavy (non-hydrogen) atoms. The molecule has 2 atom stereocenters. The van der Waals surface area contributed by atoms with E-state index < -0.39 is 0 Å². The number of hydrogen-bond acceptors (Lipinski definition) is 4. The Balaban J connectivity index is 1.92. The van der Waals surface area contributed by atoms with Crippen LogP contribution in [0, 0.1) is 0 Å². The predicted octanol–water partition coefficient (Wildman–Crippen LogP) is 1.59. The largest absolute Gasteiger partial charge is 0.449 e. The lowest BCUT2D eigenvalue weighted by Gasteiger charge is -2.21. The van der Waals surface area contributed by atoms with Crippen LogP contribution in [0.4, 0.5) is 0 Å². The Morgan fingerprint density at radius 2 is 2.47 bits per heavy atom. The molecule has 1 aromatic rings. The zero-order valence-electron chi connectivity index (χ0n) is 10.9. The molecule has 0 aliphatic carbocycles. The molecule has 1 aliphatic rings. The van der Waals surface area contributed by atoms with E-state index in [0.717, 1.165) is 31.0 Å². The van der Waals surface area contributed by atoms with Crippen molar-refractivity contribution in [3.8, 4) is 0 Å². The quantitative estimate of drug-likeness (QED) is 0.845. The van der Waals surface area contributed by atoms with Crippen LogP contribution in [0.3, 0.4) is 0 Å². The number of aromatic nitrogens is 1. The average Bonchev–Trinajstić information content (AvgIpc) is 2.87. The van der Waals surface area contributed by atoms with Gasteiger partial charge in [0.25, 0.3) is 0 Å². The molecule has 0 aromatic carbocycles. The van der Waals surface area contributed by atoms with E-state index in [1.807, 2.05) is 6.92 Å². The zero-order valence-corrected chi connectivity index (χ0v) is 10.9. The second kappa shape index (κ2) is 5.65. The Kier molecular flexibility index (Phi) is 4.18. The van der Waals surface area contributed by atoms with Gasteiger partial charge in [-0.15, -0.1) is 0 Å². The van der Waals surface area contributed by atoms with Gasteiger partial charge in [-0.25, -0.2) is 4.98 Å². The van der Waals surface area contributed by atoms with Crippen molar-refractivity contribution in [2.45, 2.75) is 51.6 Å². The third-order valence-electron chi connectivity index (χ3n) is 3.45. The van der Waals surface area contributed by atoms with Gasteiger partial charge < -0.3 is 15.1 Å². The van der Waals surface area contributed by atoms with Crippen LogP contribution in [0.5, 0.6) is 0 Å². The van der Waals surface area contributed by atoms with E-state index in [-0.39, 0.29) is 6.04 Å². The first-order valence-electron chi connectivity index (χ1n) is 6.62. The van der Waals surface area contributed by atoms with Crippen LogP contribution in [0.15, 0.2) is 10.7 Å². The van der Waals surface area contributed by atoms with Gasteiger partial charge in [-0.05, 0) is 32.9 Å². The van der Waals surface area contributed by atoms with E-state index >= 15 is 0 Å². The van der Waals surface area contributed by atoms with Crippen molar-refractivity contribution >= 4 is 0 Å². The third kappa shape index (κ3) is 3.30.